The fourth-order valence-corrected chi connectivity index (χ4v) is 2.23. The van der Waals surface area contributed by atoms with Gasteiger partial charge >= 0.3 is 0 Å². The van der Waals surface area contributed by atoms with E-state index in [0.717, 1.165) is 10.4 Å². The average Bonchev–Trinajstić information content (AvgIpc) is 3.15. The van der Waals surface area contributed by atoms with Gasteiger partial charge < -0.3 is 0 Å². The van der Waals surface area contributed by atoms with Gasteiger partial charge in [-0.2, -0.15) is 9.90 Å². The lowest BCUT2D eigenvalue weighted by Crippen LogP contribution is -2.25. The van der Waals surface area contributed by atoms with Gasteiger partial charge in [-0.1, -0.05) is 42.5 Å². The predicted molar refractivity (Wildman–Crippen MR) is 96.7 cm³/mol. The van der Waals surface area contributed by atoms with Gasteiger partial charge in [0.25, 0.3) is 11.6 Å². The van der Waals surface area contributed by atoms with E-state index in [4.69, 9.17) is 0 Å². The molecule has 2 aromatic carbocycles. The molecule has 10 nitrogen and oxygen atoms in total. The van der Waals surface area contributed by atoms with Gasteiger partial charge in [-0.05, 0) is 12.1 Å². The quantitative estimate of drug-likeness (QED) is 0.403. The second-order valence-electron chi connectivity index (χ2n) is 5.55. The molecule has 0 unspecified atom stereocenters. The molecule has 1 aromatic heterocycles. The van der Waals surface area contributed by atoms with Crippen LogP contribution in [-0.2, 0) is 11.3 Å². The molecule has 0 spiro atoms. The lowest BCUT2D eigenvalue weighted by molar-refractivity contribution is -0.384. The minimum absolute atomic E-state index is 0.0476. The van der Waals surface area contributed by atoms with E-state index in [9.17, 15) is 14.9 Å². The summed E-state index contributed by atoms with van der Waals surface area (Å²) in [6.45, 7) is 1.48. The number of nitro groups is 1. The SMILES string of the molecule is CC(=NNC(=O)Cn1nnc(-c2ccccc2)n1)c1cccc([N+](=O)[O-])c1. The lowest BCUT2D eigenvalue weighted by Gasteiger charge is -2.02. The summed E-state index contributed by atoms with van der Waals surface area (Å²) in [5.41, 5.74) is 4.10. The standard InChI is InChI=1S/C17H15N7O3/c1-12(14-8-5-9-15(10-14)24(26)27)18-19-16(25)11-23-21-17(20-22-23)13-6-3-2-4-7-13/h2-10H,11H2,1H3,(H,19,25). The molecule has 0 atom stereocenters. The van der Waals surface area contributed by atoms with Crippen LogP contribution in [0, 0.1) is 10.1 Å². The monoisotopic (exact) mass is 365 g/mol. The number of nitrogens with one attached hydrogen (secondary N) is 1. The number of hydrazone groups is 1. The predicted octanol–water partition coefficient (Wildman–Crippen LogP) is 1.79. The van der Waals surface area contributed by atoms with Crippen LogP contribution < -0.4 is 5.43 Å². The molecule has 0 aliphatic carbocycles. The van der Waals surface area contributed by atoms with E-state index in [1.54, 1.807) is 19.1 Å². The largest absolute Gasteiger partial charge is 0.271 e. The van der Waals surface area contributed by atoms with Crippen molar-refractivity contribution in [2.75, 3.05) is 0 Å². The van der Waals surface area contributed by atoms with Gasteiger partial charge in [0, 0.05) is 23.3 Å². The highest BCUT2D eigenvalue weighted by atomic mass is 16.6. The zero-order chi connectivity index (χ0) is 19.2. The van der Waals surface area contributed by atoms with Gasteiger partial charge in [0.1, 0.15) is 6.54 Å². The van der Waals surface area contributed by atoms with E-state index < -0.39 is 10.8 Å². The Labute approximate surface area is 153 Å². The Hall–Kier alpha value is -3.95. The van der Waals surface area contributed by atoms with Crippen LogP contribution in [-0.4, -0.2) is 36.7 Å². The van der Waals surface area contributed by atoms with Crippen LogP contribution in [0.15, 0.2) is 59.7 Å². The van der Waals surface area contributed by atoms with Gasteiger partial charge in [-0.3, -0.25) is 14.9 Å². The van der Waals surface area contributed by atoms with Crippen LogP contribution >= 0.6 is 0 Å². The molecule has 3 aromatic rings. The molecule has 27 heavy (non-hydrogen) atoms. The van der Waals surface area contributed by atoms with Crippen molar-refractivity contribution in [3.05, 3.63) is 70.3 Å². The molecule has 10 heteroatoms. The first kappa shape index (κ1) is 17.9. The summed E-state index contributed by atoms with van der Waals surface area (Å²) >= 11 is 0. The Kier molecular flexibility index (Phi) is 5.26. The smallest absolute Gasteiger partial charge is 0.270 e. The number of carbonyl (C=O) groups excluding carboxylic acids is 1. The second-order valence-corrected chi connectivity index (χ2v) is 5.55. The van der Waals surface area contributed by atoms with E-state index in [-0.39, 0.29) is 12.2 Å². The molecule has 136 valence electrons. The molecule has 1 N–H and O–H groups in total. The minimum atomic E-state index is -0.490. The number of nitro benzene ring substituents is 1. The molecular formula is C17H15N7O3. The fourth-order valence-electron chi connectivity index (χ4n) is 2.23. The van der Waals surface area contributed by atoms with E-state index >= 15 is 0 Å². The van der Waals surface area contributed by atoms with Crippen molar-refractivity contribution >= 4 is 17.3 Å². The van der Waals surface area contributed by atoms with Gasteiger partial charge in [0.05, 0.1) is 10.6 Å². The summed E-state index contributed by atoms with van der Waals surface area (Å²) < 4.78 is 0. The van der Waals surface area contributed by atoms with Gasteiger partial charge in [-0.15, -0.1) is 10.2 Å². The molecule has 0 fully saturated rings. The van der Waals surface area contributed by atoms with Crippen molar-refractivity contribution in [1.82, 2.24) is 25.6 Å². The number of nitrogens with zero attached hydrogens (tertiary/aromatic N) is 6. The topological polar surface area (TPSA) is 128 Å². The van der Waals surface area contributed by atoms with Crippen molar-refractivity contribution in [2.24, 2.45) is 5.10 Å². The third-order valence-electron chi connectivity index (χ3n) is 3.59. The first-order valence-electron chi connectivity index (χ1n) is 7.94. The molecule has 0 bridgehead atoms. The maximum Gasteiger partial charge on any atom is 0.270 e. The summed E-state index contributed by atoms with van der Waals surface area (Å²) in [7, 11) is 0. The maximum atomic E-state index is 12.0. The van der Waals surface area contributed by atoms with E-state index in [1.165, 1.54) is 12.1 Å². The Morgan fingerprint density at radius 2 is 2.00 bits per heavy atom. The third-order valence-corrected chi connectivity index (χ3v) is 3.59. The molecule has 3 rings (SSSR count). The molecule has 1 amide bonds. The number of aromatic nitrogens is 4. The highest BCUT2D eigenvalue weighted by molar-refractivity contribution is 5.99. The molecular weight excluding hydrogens is 350 g/mol. The Morgan fingerprint density at radius 3 is 2.74 bits per heavy atom. The van der Waals surface area contributed by atoms with Gasteiger partial charge in [0.15, 0.2) is 0 Å². The third kappa shape index (κ3) is 4.57. The molecule has 0 aliphatic heterocycles. The minimum Gasteiger partial charge on any atom is -0.271 e. The molecule has 0 saturated carbocycles. The van der Waals surface area contributed by atoms with Gasteiger partial charge in [0.2, 0.25) is 5.82 Å². The van der Waals surface area contributed by atoms with Crippen LogP contribution in [0.5, 0.6) is 0 Å². The Morgan fingerprint density at radius 1 is 1.22 bits per heavy atom. The molecule has 0 aliphatic rings. The molecule has 1 heterocycles. The number of benzene rings is 2. The number of amides is 1. The van der Waals surface area contributed by atoms with Crippen LogP contribution in [0.4, 0.5) is 5.69 Å². The van der Waals surface area contributed by atoms with Crippen LogP contribution in [0.25, 0.3) is 11.4 Å². The van der Waals surface area contributed by atoms with E-state index in [1.807, 2.05) is 30.3 Å². The number of non-ortho nitro benzene ring substituents is 1. The summed E-state index contributed by atoms with van der Waals surface area (Å²) in [4.78, 5) is 23.5. The Bertz CT molecular complexity index is 999. The fraction of sp³-hybridized carbons (Fsp3) is 0.118. The van der Waals surface area contributed by atoms with Crippen molar-refractivity contribution in [2.45, 2.75) is 13.5 Å². The first-order chi connectivity index (χ1) is 13.0. The number of tetrazole rings is 1. The zero-order valence-corrected chi connectivity index (χ0v) is 14.3. The summed E-state index contributed by atoms with van der Waals surface area (Å²) in [5.74, 6) is -0.0310. The highest BCUT2D eigenvalue weighted by Gasteiger charge is 2.10. The van der Waals surface area contributed by atoms with Crippen LogP contribution in [0.2, 0.25) is 0 Å². The van der Waals surface area contributed by atoms with Crippen LogP contribution in [0.3, 0.4) is 0 Å². The average molecular weight is 365 g/mol. The van der Waals surface area contributed by atoms with Crippen molar-refractivity contribution < 1.29 is 9.72 Å². The first-order valence-corrected chi connectivity index (χ1v) is 7.94. The van der Waals surface area contributed by atoms with E-state index in [0.29, 0.717) is 17.1 Å². The maximum absolute atomic E-state index is 12.0. The number of hydrogen-bond acceptors (Lipinski definition) is 7. The second kappa shape index (κ2) is 7.95. The highest BCUT2D eigenvalue weighted by Crippen LogP contribution is 2.14. The van der Waals surface area contributed by atoms with Crippen molar-refractivity contribution in [1.29, 1.82) is 0 Å². The Balaban J connectivity index is 1.63. The number of hydrogen-bond donors (Lipinski definition) is 1. The zero-order valence-electron chi connectivity index (χ0n) is 14.3. The van der Waals surface area contributed by atoms with Crippen molar-refractivity contribution in [3.8, 4) is 11.4 Å². The van der Waals surface area contributed by atoms with Gasteiger partial charge in [-0.25, -0.2) is 5.43 Å². The number of rotatable bonds is 6. The summed E-state index contributed by atoms with van der Waals surface area (Å²) in [5, 5.41) is 26.7. The van der Waals surface area contributed by atoms with E-state index in [2.05, 4.69) is 25.9 Å². The summed E-state index contributed by atoms with van der Waals surface area (Å²) in [6, 6.07) is 15.3. The van der Waals surface area contributed by atoms with Crippen LogP contribution in [0.1, 0.15) is 12.5 Å². The lowest BCUT2D eigenvalue weighted by atomic mass is 10.1. The molecule has 0 saturated heterocycles. The van der Waals surface area contributed by atoms with Crippen molar-refractivity contribution in [3.63, 3.8) is 0 Å². The summed E-state index contributed by atoms with van der Waals surface area (Å²) in [6.07, 6.45) is 0. The normalized spacial score (nSPS) is 11.2. The number of carbonyl (C=O) groups is 1. The molecule has 0 radical (unpaired) electrons.